The average Bonchev–Trinajstić information content (AvgIpc) is 3.81. The van der Waals surface area contributed by atoms with Crippen LogP contribution < -0.4 is 10.9 Å². The first-order valence-corrected chi connectivity index (χ1v) is 18.2. The summed E-state index contributed by atoms with van der Waals surface area (Å²) in [6.07, 6.45) is 2.78. The quantitative estimate of drug-likeness (QED) is 0.220. The molecule has 1 unspecified atom stereocenters. The first kappa shape index (κ1) is 35.3. The average molecular weight is 731 g/mol. The van der Waals surface area contributed by atoms with E-state index in [2.05, 4.69) is 15.1 Å². The largest absolute Gasteiger partial charge is 0.399 e. The Labute approximate surface area is 288 Å². The van der Waals surface area contributed by atoms with Gasteiger partial charge in [0.2, 0.25) is 29.3 Å². The van der Waals surface area contributed by atoms with Crippen molar-refractivity contribution in [2.75, 3.05) is 26.2 Å². The van der Waals surface area contributed by atoms with Crippen molar-refractivity contribution in [1.82, 2.24) is 25.0 Å². The number of nitrogens with zero attached hydrogens (tertiary/aromatic N) is 4. The molecule has 1 aromatic carbocycles. The molecule has 3 aromatic rings. The van der Waals surface area contributed by atoms with E-state index in [1.165, 1.54) is 41.1 Å². The number of hydrogen-bond donors (Lipinski definition) is 4. The number of likely N-dealkylation sites (tertiary alicyclic amines) is 1. The molecule has 6 rings (SSSR count). The molecule has 3 fully saturated rings. The second kappa shape index (κ2) is 13.3. The standard InChI is InChI=1S/C32H33F2N6O8PS/c1-17(41)38-10-9-21-5-6-25(31(45)39-14-22(23(15-39)35-2)18-3-8-28(42)36-13-18)40(21)30(44)24(16-38)37-29(43)27-12-19-11-20(4-7-26(19)50-27)32(33,34)49(46,47)48/h3-4,7-8,11-13,21-25H,5-6,9-10,14-16H2,1H3,(H,36,42)(H,37,43)(H2,46,47,48)/t21-,22?,23+,24+,25+/m1/s1. The maximum absolute atomic E-state index is 14.4. The fraction of sp³-hybridized carbons (Fsp3) is 0.438. The molecule has 4 amide bonds. The van der Waals surface area contributed by atoms with Gasteiger partial charge < -0.3 is 39.6 Å². The summed E-state index contributed by atoms with van der Waals surface area (Å²) in [5, 5.41) is 2.81. The van der Waals surface area contributed by atoms with E-state index in [0.29, 0.717) is 29.5 Å². The number of aromatic amines is 1. The van der Waals surface area contributed by atoms with Gasteiger partial charge in [-0.1, -0.05) is 12.1 Å². The number of benzene rings is 1. The van der Waals surface area contributed by atoms with Crippen LogP contribution in [0.15, 0.2) is 47.4 Å². The first-order valence-electron chi connectivity index (χ1n) is 15.8. The lowest BCUT2D eigenvalue weighted by atomic mass is 9.96. The monoisotopic (exact) mass is 730 g/mol. The van der Waals surface area contributed by atoms with Gasteiger partial charge in [0, 0.05) is 55.1 Å². The number of H-pyrrole nitrogens is 1. The van der Waals surface area contributed by atoms with Gasteiger partial charge in [-0.05, 0) is 48.4 Å². The number of carbonyl (C=O) groups is 4. The fourth-order valence-electron chi connectivity index (χ4n) is 7.04. The Morgan fingerprint density at radius 2 is 1.82 bits per heavy atom. The molecule has 3 aliphatic heterocycles. The van der Waals surface area contributed by atoms with Crippen LogP contribution in [0.25, 0.3) is 14.9 Å². The highest BCUT2D eigenvalue weighted by Crippen LogP contribution is 2.59. The van der Waals surface area contributed by atoms with Crippen LogP contribution in [0.2, 0.25) is 0 Å². The van der Waals surface area contributed by atoms with Gasteiger partial charge in [0.25, 0.3) is 5.91 Å². The highest BCUT2D eigenvalue weighted by molar-refractivity contribution is 7.52. The van der Waals surface area contributed by atoms with Crippen molar-refractivity contribution < 1.29 is 42.3 Å². The molecule has 50 heavy (non-hydrogen) atoms. The molecule has 0 bridgehead atoms. The summed E-state index contributed by atoms with van der Waals surface area (Å²) in [6, 6.07) is 4.17. The van der Waals surface area contributed by atoms with E-state index in [0.717, 1.165) is 23.5 Å². The summed E-state index contributed by atoms with van der Waals surface area (Å²) < 4.78 is 40.5. The highest BCUT2D eigenvalue weighted by Gasteiger charge is 2.51. The van der Waals surface area contributed by atoms with Gasteiger partial charge in [0.05, 0.1) is 17.3 Å². The SMILES string of the molecule is [C-]#[N+][C@H]1CN(C(=O)[C@@H]2CC[C@@H]3CCN(C(C)=O)C[C@H](NC(=O)c4cc5cc(C(F)(F)P(=O)(O)O)ccc5s4)C(=O)N32)CC1c1ccc(=O)[nH]c1. The molecule has 0 aliphatic carbocycles. The minimum atomic E-state index is -5.82. The summed E-state index contributed by atoms with van der Waals surface area (Å²) in [7, 11) is -5.82. The highest BCUT2D eigenvalue weighted by atomic mass is 32.1. The lowest BCUT2D eigenvalue weighted by molar-refractivity contribution is -0.148. The lowest BCUT2D eigenvalue weighted by Crippen LogP contribution is -2.61. The summed E-state index contributed by atoms with van der Waals surface area (Å²) in [5.74, 6) is -2.29. The molecule has 14 nitrogen and oxygen atoms in total. The molecule has 3 saturated heterocycles. The van der Waals surface area contributed by atoms with E-state index < -0.39 is 54.8 Å². The van der Waals surface area contributed by atoms with Gasteiger partial charge in [-0.2, -0.15) is 8.78 Å². The zero-order valence-corrected chi connectivity index (χ0v) is 28.3. The predicted molar refractivity (Wildman–Crippen MR) is 176 cm³/mol. The van der Waals surface area contributed by atoms with E-state index in [4.69, 9.17) is 16.4 Å². The number of fused-ring (bicyclic) bond motifs is 2. The zero-order chi connectivity index (χ0) is 36.1. The zero-order valence-electron chi connectivity index (χ0n) is 26.6. The van der Waals surface area contributed by atoms with Gasteiger partial charge in [-0.15, -0.1) is 11.3 Å². The molecule has 0 spiro atoms. The van der Waals surface area contributed by atoms with Crippen molar-refractivity contribution in [3.05, 3.63) is 80.4 Å². The van der Waals surface area contributed by atoms with Crippen molar-refractivity contribution in [2.24, 2.45) is 0 Å². The molecule has 3 aliphatic rings. The molecule has 18 heteroatoms. The maximum atomic E-state index is 14.4. The molecule has 5 atom stereocenters. The normalized spacial score (nSPS) is 24.4. The Morgan fingerprint density at radius 3 is 2.48 bits per heavy atom. The van der Waals surface area contributed by atoms with E-state index in [1.54, 1.807) is 11.0 Å². The topological polar surface area (TPSA) is 185 Å². The Balaban J connectivity index is 1.24. The van der Waals surface area contributed by atoms with E-state index in [1.807, 2.05) is 0 Å². The number of thiophene rings is 1. The minimum absolute atomic E-state index is 0.0297. The van der Waals surface area contributed by atoms with E-state index in [9.17, 15) is 37.3 Å². The summed E-state index contributed by atoms with van der Waals surface area (Å²) >= 11 is 0.921. The van der Waals surface area contributed by atoms with E-state index >= 15 is 0 Å². The summed E-state index contributed by atoms with van der Waals surface area (Å²) in [5.41, 5.74) is -4.94. The third-order valence-corrected chi connectivity index (χ3v) is 11.8. The number of halogens is 2. The molecule has 0 radical (unpaired) electrons. The van der Waals surface area contributed by atoms with Crippen molar-refractivity contribution >= 4 is 52.6 Å². The van der Waals surface area contributed by atoms with Crippen LogP contribution in [-0.4, -0.2) is 103 Å². The molecular weight excluding hydrogens is 697 g/mol. The van der Waals surface area contributed by atoms with Gasteiger partial charge >= 0.3 is 13.3 Å². The van der Waals surface area contributed by atoms with Crippen LogP contribution >= 0.6 is 18.9 Å². The smallest absolute Gasteiger partial charge is 0.340 e. The maximum Gasteiger partial charge on any atom is 0.399 e. The van der Waals surface area contributed by atoms with E-state index in [-0.39, 0.29) is 59.7 Å². The summed E-state index contributed by atoms with van der Waals surface area (Å²) in [4.78, 5) is 95.1. The van der Waals surface area contributed by atoms with Crippen LogP contribution in [0.3, 0.4) is 0 Å². The molecule has 5 heterocycles. The minimum Gasteiger partial charge on any atom is -0.340 e. The third kappa shape index (κ3) is 6.56. The Bertz CT molecular complexity index is 2010. The van der Waals surface area contributed by atoms with Crippen LogP contribution in [0.1, 0.15) is 52.9 Å². The van der Waals surface area contributed by atoms with Gasteiger partial charge in [-0.3, -0.25) is 28.5 Å². The number of hydrogen-bond acceptors (Lipinski definition) is 7. The van der Waals surface area contributed by atoms with Gasteiger partial charge in [-0.25, -0.2) is 6.57 Å². The van der Waals surface area contributed by atoms with Crippen LogP contribution in [-0.2, 0) is 24.6 Å². The molecule has 264 valence electrons. The van der Waals surface area contributed by atoms with Gasteiger partial charge in [0.1, 0.15) is 12.1 Å². The second-order valence-electron chi connectivity index (χ2n) is 12.8. The number of alkyl halides is 2. The van der Waals surface area contributed by atoms with Crippen LogP contribution in [0, 0.1) is 6.57 Å². The van der Waals surface area contributed by atoms with Crippen molar-refractivity contribution in [3.8, 4) is 0 Å². The number of pyridine rings is 1. The Kier molecular flexibility index (Phi) is 9.42. The number of carbonyl (C=O) groups excluding carboxylic acids is 4. The Hall–Kier alpha value is -4.49. The molecular formula is C32H33F2N6O8PS. The first-order chi connectivity index (χ1) is 23.6. The predicted octanol–water partition coefficient (Wildman–Crippen LogP) is 2.44. The van der Waals surface area contributed by atoms with Crippen molar-refractivity contribution in [1.29, 1.82) is 0 Å². The van der Waals surface area contributed by atoms with Gasteiger partial charge in [0.15, 0.2) is 0 Å². The molecule has 4 N–H and O–H groups in total. The fourth-order valence-corrected chi connectivity index (χ4v) is 8.46. The number of rotatable bonds is 6. The number of amides is 4. The van der Waals surface area contributed by atoms with Crippen LogP contribution in [0.4, 0.5) is 8.78 Å². The third-order valence-electron chi connectivity index (χ3n) is 9.68. The number of nitrogens with one attached hydrogen (secondary N) is 2. The van der Waals surface area contributed by atoms with Crippen LogP contribution in [0.5, 0.6) is 0 Å². The van der Waals surface area contributed by atoms with Crippen molar-refractivity contribution in [2.45, 2.75) is 61.9 Å². The summed E-state index contributed by atoms with van der Waals surface area (Å²) in [6.45, 7) is 9.52. The lowest BCUT2D eigenvalue weighted by Gasteiger charge is -2.39. The second-order valence-corrected chi connectivity index (χ2v) is 15.5. The molecule has 0 saturated carbocycles. The number of aromatic nitrogens is 1. The molecule has 2 aromatic heterocycles. The Morgan fingerprint density at radius 1 is 1.06 bits per heavy atom. The van der Waals surface area contributed by atoms with Crippen molar-refractivity contribution in [3.63, 3.8) is 0 Å².